The molecule has 24 heavy (non-hydrogen) atoms. The maximum Gasteiger partial charge on any atom is 0.309 e. The second kappa shape index (κ2) is 8.15. The van der Waals surface area contributed by atoms with Crippen LogP contribution in [0.1, 0.15) is 38.2 Å². The maximum absolute atomic E-state index is 11.9. The van der Waals surface area contributed by atoms with Crippen LogP contribution >= 0.6 is 0 Å². The zero-order chi connectivity index (χ0) is 17.6. The van der Waals surface area contributed by atoms with Crippen LogP contribution in [-0.2, 0) is 16.0 Å². The average Bonchev–Trinajstić information content (AvgIpc) is 3.06. The van der Waals surface area contributed by atoms with Gasteiger partial charge in [0, 0.05) is 19.0 Å². The number of rotatable bonds is 6. The number of amides is 2. The molecule has 1 saturated carbocycles. The third-order valence-corrected chi connectivity index (χ3v) is 4.27. The zero-order valence-corrected chi connectivity index (χ0v) is 14.3. The average molecular weight is 334 g/mol. The van der Waals surface area contributed by atoms with Crippen LogP contribution in [0.4, 0.5) is 0 Å². The van der Waals surface area contributed by atoms with Crippen LogP contribution in [-0.4, -0.2) is 42.2 Å². The summed E-state index contributed by atoms with van der Waals surface area (Å²) in [6.07, 6.45) is 4.39. The van der Waals surface area contributed by atoms with Crippen molar-refractivity contribution < 1.29 is 19.4 Å². The lowest BCUT2D eigenvalue weighted by Gasteiger charge is -2.24. The molecule has 0 spiro atoms. The molecule has 0 aromatic heterocycles. The summed E-state index contributed by atoms with van der Waals surface area (Å²) in [4.78, 5) is 23.7. The van der Waals surface area contributed by atoms with Gasteiger partial charge in [0.25, 0.3) is 0 Å². The van der Waals surface area contributed by atoms with E-state index < -0.39 is 17.4 Å². The lowest BCUT2D eigenvalue weighted by Crippen LogP contribution is -2.48. The molecule has 132 valence electrons. The van der Waals surface area contributed by atoms with Crippen molar-refractivity contribution in [1.29, 1.82) is 0 Å². The molecule has 0 bridgehead atoms. The fourth-order valence-corrected chi connectivity index (χ4v) is 2.92. The second-order valence-electron chi connectivity index (χ2n) is 6.66. The molecule has 0 heterocycles. The van der Waals surface area contributed by atoms with Crippen molar-refractivity contribution in [3.63, 3.8) is 0 Å². The zero-order valence-electron chi connectivity index (χ0n) is 14.3. The Labute approximate surface area is 142 Å². The molecule has 1 atom stereocenters. The monoisotopic (exact) mass is 334 g/mol. The first-order valence-electron chi connectivity index (χ1n) is 8.33. The minimum absolute atomic E-state index is 0.00987. The van der Waals surface area contributed by atoms with E-state index in [2.05, 4.69) is 10.6 Å². The van der Waals surface area contributed by atoms with E-state index >= 15 is 0 Å². The molecule has 1 aliphatic rings. The molecular weight excluding hydrogens is 308 g/mol. The van der Waals surface area contributed by atoms with E-state index in [1.54, 1.807) is 14.0 Å². The molecule has 1 aromatic carbocycles. The summed E-state index contributed by atoms with van der Waals surface area (Å²) < 4.78 is 5.10. The van der Waals surface area contributed by atoms with Gasteiger partial charge in [-0.25, -0.2) is 0 Å². The van der Waals surface area contributed by atoms with Crippen LogP contribution in [0.3, 0.4) is 0 Å². The van der Waals surface area contributed by atoms with Gasteiger partial charge in [0.15, 0.2) is 0 Å². The highest BCUT2D eigenvalue weighted by Gasteiger charge is 2.25. The van der Waals surface area contributed by atoms with E-state index in [9.17, 15) is 14.7 Å². The normalized spacial score (nSPS) is 17.1. The molecule has 2 amide bonds. The number of ether oxygens (including phenoxy) is 1. The Bertz CT molecular complexity index is 563. The van der Waals surface area contributed by atoms with Crippen LogP contribution in [0.5, 0.6) is 5.75 Å². The Morgan fingerprint density at radius 1 is 1.21 bits per heavy atom. The number of aliphatic hydroxyl groups is 1. The summed E-state index contributed by atoms with van der Waals surface area (Å²) >= 11 is 0. The standard InChI is InChI=1S/C18H26N2O4/c1-18(23,11-13-7-9-15(24-2)10-8-13)12-19-16(21)17(22)20-14-5-3-4-6-14/h7-10,14,23H,3-6,11-12H2,1-2H3,(H,19,21)(H,20,22). The lowest BCUT2D eigenvalue weighted by molar-refractivity contribution is -0.140. The Morgan fingerprint density at radius 2 is 1.83 bits per heavy atom. The van der Waals surface area contributed by atoms with Crippen LogP contribution in [0.2, 0.25) is 0 Å². The SMILES string of the molecule is COc1ccc(CC(C)(O)CNC(=O)C(=O)NC2CCCC2)cc1. The highest BCUT2D eigenvalue weighted by atomic mass is 16.5. The fraction of sp³-hybridized carbons (Fsp3) is 0.556. The molecule has 0 saturated heterocycles. The van der Waals surface area contributed by atoms with E-state index in [0.717, 1.165) is 37.0 Å². The molecule has 0 aliphatic heterocycles. The fourth-order valence-electron chi connectivity index (χ4n) is 2.92. The van der Waals surface area contributed by atoms with Gasteiger partial charge in [0.05, 0.1) is 12.7 Å². The minimum Gasteiger partial charge on any atom is -0.497 e. The van der Waals surface area contributed by atoms with E-state index in [0.29, 0.717) is 6.42 Å². The molecule has 1 fully saturated rings. The number of carbonyl (C=O) groups excluding carboxylic acids is 2. The summed E-state index contributed by atoms with van der Waals surface area (Å²) in [6.45, 7) is 1.64. The number of hydrogen-bond donors (Lipinski definition) is 3. The van der Waals surface area contributed by atoms with E-state index in [1.165, 1.54) is 0 Å². The van der Waals surface area contributed by atoms with Gasteiger partial charge >= 0.3 is 11.8 Å². The Balaban J connectivity index is 1.79. The Morgan fingerprint density at radius 3 is 2.42 bits per heavy atom. The quantitative estimate of drug-likeness (QED) is 0.681. The third kappa shape index (κ3) is 5.53. The Hall–Kier alpha value is -2.08. The first kappa shape index (κ1) is 18.3. The summed E-state index contributed by atoms with van der Waals surface area (Å²) in [5, 5.41) is 15.7. The summed E-state index contributed by atoms with van der Waals surface area (Å²) in [5.41, 5.74) is -0.219. The summed E-state index contributed by atoms with van der Waals surface area (Å²) in [5.74, 6) is -0.575. The van der Waals surface area contributed by atoms with E-state index in [1.807, 2.05) is 24.3 Å². The van der Waals surface area contributed by atoms with Gasteiger partial charge in [-0.1, -0.05) is 25.0 Å². The van der Waals surface area contributed by atoms with Crippen LogP contribution < -0.4 is 15.4 Å². The molecule has 1 aliphatic carbocycles. The van der Waals surface area contributed by atoms with Crippen molar-refractivity contribution in [2.24, 2.45) is 0 Å². The van der Waals surface area contributed by atoms with Crippen LogP contribution in [0, 0.1) is 0 Å². The van der Waals surface area contributed by atoms with Gasteiger partial charge in [-0.15, -0.1) is 0 Å². The number of hydrogen-bond acceptors (Lipinski definition) is 4. The van der Waals surface area contributed by atoms with Gasteiger partial charge in [-0.3, -0.25) is 9.59 Å². The first-order valence-corrected chi connectivity index (χ1v) is 8.33. The van der Waals surface area contributed by atoms with Crippen molar-refractivity contribution in [2.45, 2.75) is 50.7 Å². The van der Waals surface area contributed by atoms with Crippen LogP contribution in [0.25, 0.3) is 0 Å². The molecule has 2 rings (SSSR count). The molecular formula is C18H26N2O4. The smallest absolute Gasteiger partial charge is 0.309 e. The molecule has 3 N–H and O–H groups in total. The largest absolute Gasteiger partial charge is 0.497 e. The molecule has 0 radical (unpaired) electrons. The van der Waals surface area contributed by atoms with Crippen molar-refractivity contribution >= 4 is 11.8 Å². The number of carbonyl (C=O) groups is 2. The third-order valence-electron chi connectivity index (χ3n) is 4.27. The van der Waals surface area contributed by atoms with Gasteiger partial charge in [-0.2, -0.15) is 0 Å². The number of methoxy groups -OCH3 is 1. The topological polar surface area (TPSA) is 87.7 Å². The summed E-state index contributed by atoms with van der Waals surface area (Å²) in [6, 6.07) is 7.46. The van der Waals surface area contributed by atoms with Crippen LogP contribution in [0.15, 0.2) is 24.3 Å². The molecule has 6 nitrogen and oxygen atoms in total. The van der Waals surface area contributed by atoms with Crippen molar-refractivity contribution in [3.8, 4) is 5.75 Å². The molecule has 1 aromatic rings. The first-order chi connectivity index (χ1) is 11.4. The number of benzene rings is 1. The van der Waals surface area contributed by atoms with Gasteiger partial charge in [0.1, 0.15) is 5.75 Å². The predicted octanol–water partition coefficient (Wildman–Crippen LogP) is 1.16. The van der Waals surface area contributed by atoms with Gasteiger partial charge in [-0.05, 0) is 37.5 Å². The predicted molar refractivity (Wildman–Crippen MR) is 90.7 cm³/mol. The highest BCUT2D eigenvalue weighted by molar-refractivity contribution is 6.35. The van der Waals surface area contributed by atoms with Crippen molar-refractivity contribution in [2.75, 3.05) is 13.7 Å². The van der Waals surface area contributed by atoms with Crippen molar-refractivity contribution in [3.05, 3.63) is 29.8 Å². The lowest BCUT2D eigenvalue weighted by atomic mass is 9.96. The summed E-state index contributed by atoms with van der Waals surface area (Å²) in [7, 11) is 1.59. The van der Waals surface area contributed by atoms with Gasteiger partial charge in [0.2, 0.25) is 0 Å². The van der Waals surface area contributed by atoms with Gasteiger partial charge < -0.3 is 20.5 Å². The highest BCUT2D eigenvalue weighted by Crippen LogP contribution is 2.18. The number of nitrogens with one attached hydrogen (secondary N) is 2. The molecule has 1 unspecified atom stereocenters. The van der Waals surface area contributed by atoms with E-state index in [-0.39, 0.29) is 12.6 Å². The Kier molecular flexibility index (Phi) is 6.20. The molecule has 6 heteroatoms. The van der Waals surface area contributed by atoms with E-state index in [4.69, 9.17) is 4.74 Å². The van der Waals surface area contributed by atoms with Crippen molar-refractivity contribution in [1.82, 2.24) is 10.6 Å². The minimum atomic E-state index is -1.14. The maximum atomic E-state index is 11.9. The second-order valence-corrected chi connectivity index (χ2v) is 6.66.